The van der Waals surface area contributed by atoms with Crippen molar-refractivity contribution in [3.8, 4) is 22.5 Å². The van der Waals surface area contributed by atoms with E-state index in [-0.39, 0.29) is 36.3 Å². The molecule has 2 amide bonds. The third-order valence-electron chi connectivity index (χ3n) is 12.8. The van der Waals surface area contributed by atoms with Crippen LogP contribution in [0.3, 0.4) is 0 Å². The third kappa shape index (κ3) is 12.8. The van der Waals surface area contributed by atoms with Crippen molar-refractivity contribution in [1.82, 2.24) is 19.9 Å². The fraction of sp³-hybridized carbons (Fsp3) is 0.250. The summed E-state index contributed by atoms with van der Waals surface area (Å²) in [5, 5.41) is 15.5. The number of hydrogen-bond acceptors (Lipinski definition) is 15. The van der Waals surface area contributed by atoms with E-state index in [1.54, 1.807) is 42.5 Å². The molecule has 3 fully saturated rings. The fourth-order valence-electron chi connectivity index (χ4n) is 9.04. The monoisotopic (exact) mass is 1030 g/mol. The zero-order valence-corrected chi connectivity index (χ0v) is 41.6. The number of rotatable bonds is 15. The highest BCUT2D eigenvalue weighted by Gasteiger charge is 2.34. The quantitative estimate of drug-likeness (QED) is 0.0612. The van der Waals surface area contributed by atoms with E-state index in [2.05, 4.69) is 77.2 Å². The average molecular weight is 1030 g/mol. The van der Waals surface area contributed by atoms with Gasteiger partial charge in [0, 0.05) is 114 Å². The molecule has 17 nitrogen and oxygen atoms in total. The minimum Gasteiger partial charge on any atom is -0.378 e. The number of halogens is 3. The van der Waals surface area contributed by atoms with Crippen LogP contribution in [0, 0.1) is 0 Å². The molecule has 1 atom stereocenters. The summed E-state index contributed by atoms with van der Waals surface area (Å²) in [7, 11) is 0. The van der Waals surface area contributed by atoms with Crippen molar-refractivity contribution in [2.75, 3.05) is 114 Å². The largest absolute Gasteiger partial charge is 0.433 e. The van der Waals surface area contributed by atoms with Crippen molar-refractivity contribution in [2.24, 2.45) is 0 Å². The van der Waals surface area contributed by atoms with Crippen LogP contribution in [0.15, 0.2) is 146 Å². The number of nitrogens with one attached hydrogen (secondary N) is 5. The molecular weight excluding hydrogens is 978 g/mol. The topological polar surface area (TPSA) is 183 Å². The normalized spacial score (nSPS) is 15.9. The van der Waals surface area contributed by atoms with E-state index in [4.69, 9.17) is 24.2 Å². The number of nitrogens with zero attached hydrogens (tertiary/aromatic N) is 7. The molecule has 0 spiro atoms. The Bertz CT molecular complexity index is 3220. The number of carbonyl (C=O) groups excluding carboxylic acids is 2. The highest BCUT2D eigenvalue weighted by atomic mass is 19.4. The Labute approximate surface area is 437 Å². The van der Waals surface area contributed by atoms with Crippen LogP contribution in [-0.4, -0.2) is 110 Å². The molecule has 76 heavy (non-hydrogen) atoms. The number of morpholine rings is 3. The van der Waals surface area contributed by atoms with Gasteiger partial charge in [-0.3, -0.25) is 9.59 Å². The molecule has 0 radical (unpaired) electrons. The molecule has 3 saturated heterocycles. The van der Waals surface area contributed by atoms with Gasteiger partial charge in [-0.15, -0.1) is 0 Å². The Balaban J connectivity index is 0.835. The van der Waals surface area contributed by atoms with Crippen LogP contribution in [-0.2, 0) is 30.0 Å². The first-order valence-corrected chi connectivity index (χ1v) is 24.8. The molecule has 7 aromatic rings. The third-order valence-corrected chi connectivity index (χ3v) is 12.8. The van der Waals surface area contributed by atoms with Crippen molar-refractivity contribution >= 4 is 75.0 Å². The molecule has 0 bridgehead atoms. The summed E-state index contributed by atoms with van der Waals surface area (Å²) in [5.74, 6) is -0.111. The van der Waals surface area contributed by atoms with Crippen LogP contribution in [0.2, 0.25) is 0 Å². The zero-order valence-electron chi connectivity index (χ0n) is 41.6. The molecule has 0 saturated carbocycles. The standard InChI is InChI=1S/C56H55F3N12O5/c1-36(50-35-71(23-28-76-50)47-14-6-12-44(32-47)63-54-65-48(33-51(67-54)56(57,58)59)38-7-3-9-41(29-38)60-37(2)72)53(73)62-42-10-4-8-39(30-42)49-34-52(61-40-15-17-45(18-16-40)69-19-24-74-25-20-69)68-55(66-49)64-43-11-5-13-46(31-43)70-21-26-75-27-22-70/h3-18,29-34,50H,1,19-28,35H2,2H3,(H,60,72)(H,62,73)(H,63,65,67)(H2,61,64,66,68). The molecule has 5 aromatic carbocycles. The van der Waals surface area contributed by atoms with Crippen LogP contribution in [0.5, 0.6) is 0 Å². The molecule has 20 heteroatoms. The maximum absolute atomic E-state index is 14.1. The first kappa shape index (κ1) is 50.9. The number of carbonyl (C=O) groups is 2. The predicted octanol–water partition coefficient (Wildman–Crippen LogP) is 9.88. The van der Waals surface area contributed by atoms with Crippen LogP contribution in [0.1, 0.15) is 12.6 Å². The highest BCUT2D eigenvalue weighted by Crippen LogP contribution is 2.34. The Morgan fingerprint density at radius 2 is 1.08 bits per heavy atom. The van der Waals surface area contributed by atoms with E-state index in [0.717, 1.165) is 66.2 Å². The van der Waals surface area contributed by atoms with E-state index >= 15 is 0 Å². The molecule has 10 rings (SSSR count). The highest BCUT2D eigenvalue weighted by molar-refractivity contribution is 6.04. The van der Waals surface area contributed by atoms with Gasteiger partial charge in [0.25, 0.3) is 5.91 Å². The summed E-state index contributed by atoms with van der Waals surface area (Å²) >= 11 is 0. The zero-order chi connectivity index (χ0) is 52.6. The van der Waals surface area contributed by atoms with E-state index in [9.17, 15) is 22.8 Å². The molecule has 0 aliphatic carbocycles. The Hall–Kier alpha value is -8.59. The maximum Gasteiger partial charge on any atom is 0.433 e. The Morgan fingerprint density at radius 3 is 1.68 bits per heavy atom. The Morgan fingerprint density at radius 1 is 0.553 bits per heavy atom. The van der Waals surface area contributed by atoms with E-state index in [1.807, 2.05) is 59.5 Å². The van der Waals surface area contributed by atoms with Gasteiger partial charge in [0.1, 0.15) is 11.9 Å². The van der Waals surface area contributed by atoms with Crippen molar-refractivity contribution in [2.45, 2.75) is 19.2 Å². The van der Waals surface area contributed by atoms with Gasteiger partial charge in [-0.2, -0.15) is 18.2 Å². The molecular formula is C56H55F3N12O5. The fourth-order valence-corrected chi connectivity index (χ4v) is 9.04. The van der Waals surface area contributed by atoms with Crippen molar-refractivity contribution in [3.05, 3.63) is 151 Å². The Kier molecular flexibility index (Phi) is 15.3. The van der Waals surface area contributed by atoms with Crippen molar-refractivity contribution < 1.29 is 37.0 Å². The lowest BCUT2D eigenvalue weighted by Crippen LogP contribution is -2.45. The van der Waals surface area contributed by atoms with Gasteiger partial charge in [-0.25, -0.2) is 15.0 Å². The molecule has 3 aliphatic heterocycles. The SMILES string of the molecule is C=C(C(=O)Nc1cccc(-c2cc(Nc3ccc(N4CCOCC4)cc3)nc(Nc3cccc(N4CCOCC4)c3)n2)c1)C1CN(c2cccc(Nc3nc(-c4cccc(NC(C)=O)c4)cc(C(F)(F)F)n3)c2)CCO1. The summed E-state index contributed by atoms with van der Waals surface area (Å²) in [4.78, 5) is 50.2. The number of ether oxygens (including phenoxy) is 3. The smallest absolute Gasteiger partial charge is 0.378 e. The van der Waals surface area contributed by atoms with Crippen LogP contribution in [0.4, 0.5) is 76.4 Å². The van der Waals surface area contributed by atoms with E-state index in [0.29, 0.717) is 73.1 Å². The van der Waals surface area contributed by atoms with E-state index < -0.39 is 23.9 Å². The van der Waals surface area contributed by atoms with E-state index in [1.165, 1.54) is 13.0 Å². The second-order valence-electron chi connectivity index (χ2n) is 18.3. The molecule has 5 N–H and O–H groups in total. The van der Waals surface area contributed by atoms with Gasteiger partial charge in [0.15, 0.2) is 5.69 Å². The van der Waals surface area contributed by atoms with Gasteiger partial charge in [0.05, 0.1) is 44.4 Å². The summed E-state index contributed by atoms with van der Waals surface area (Å²) in [6.07, 6.45) is -5.45. The van der Waals surface area contributed by atoms with Gasteiger partial charge in [-0.1, -0.05) is 43.0 Å². The lowest BCUT2D eigenvalue weighted by Gasteiger charge is -2.35. The van der Waals surface area contributed by atoms with Crippen LogP contribution >= 0.6 is 0 Å². The number of hydrogen-bond donors (Lipinski definition) is 5. The second-order valence-corrected chi connectivity index (χ2v) is 18.3. The molecule has 3 aliphatic rings. The maximum atomic E-state index is 14.1. The summed E-state index contributed by atoms with van der Waals surface area (Å²) in [5.41, 5.74) is 6.66. The number of aromatic nitrogens is 4. The first-order valence-electron chi connectivity index (χ1n) is 24.8. The molecule has 2 aromatic heterocycles. The number of anilines is 11. The minimum absolute atomic E-state index is 0.00861. The van der Waals surface area contributed by atoms with Crippen molar-refractivity contribution in [1.29, 1.82) is 0 Å². The predicted molar refractivity (Wildman–Crippen MR) is 289 cm³/mol. The van der Waals surface area contributed by atoms with Crippen LogP contribution < -0.4 is 41.3 Å². The number of alkyl halides is 3. The number of benzene rings is 5. The van der Waals surface area contributed by atoms with Gasteiger partial charge in [-0.05, 0) is 91.0 Å². The van der Waals surface area contributed by atoms with Crippen LogP contribution in [0.25, 0.3) is 22.5 Å². The van der Waals surface area contributed by atoms with Gasteiger partial charge < -0.3 is 55.5 Å². The van der Waals surface area contributed by atoms with Gasteiger partial charge in [0.2, 0.25) is 17.8 Å². The lowest BCUT2D eigenvalue weighted by atomic mass is 10.1. The summed E-state index contributed by atoms with van der Waals surface area (Å²) < 4.78 is 59.6. The minimum atomic E-state index is -4.76. The summed E-state index contributed by atoms with van der Waals surface area (Å²) in [6, 6.07) is 39.9. The van der Waals surface area contributed by atoms with Gasteiger partial charge >= 0.3 is 6.18 Å². The number of amides is 2. The molecule has 5 heterocycles. The first-order chi connectivity index (χ1) is 36.8. The average Bonchev–Trinajstić information content (AvgIpc) is 3.43. The second kappa shape index (κ2) is 22.9. The van der Waals surface area contributed by atoms with Crippen molar-refractivity contribution in [3.63, 3.8) is 0 Å². The molecule has 390 valence electrons. The lowest BCUT2D eigenvalue weighted by molar-refractivity contribution is -0.141. The molecule has 1 unspecified atom stereocenters. The summed E-state index contributed by atoms with van der Waals surface area (Å²) in [6.45, 7) is 12.5.